The van der Waals surface area contributed by atoms with Crippen LogP contribution in [0, 0.1) is 5.92 Å². The van der Waals surface area contributed by atoms with Crippen molar-refractivity contribution >= 4 is 11.7 Å². The first-order valence-corrected chi connectivity index (χ1v) is 7.85. The smallest absolute Gasteiger partial charge is 0.223 e. The molecule has 0 bridgehead atoms. The fraction of sp³-hybridized carbons (Fsp3) is 0.875. The topological polar surface area (TPSA) is 37.4 Å². The average molecular weight is 265 g/mol. The van der Waals surface area contributed by atoms with Gasteiger partial charge in [0.2, 0.25) is 5.91 Å². The Kier molecular flexibility index (Phi) is 4.64. The monoisotopic (exact) mass is 265 g/mol. The first kappa shape index (κ1) is 14.5. The van der Waals surface area contributed by atoms with Gasteiger partial charge >= 0.3 is 0 Å². The van der Waals surface area contributed by atoms with Crippen LogP contribution in [-0.2, 0) is 9.59 Å². The first-order chi connectivity index (χ1) is 9.01. The standard InChI is InChI=1S/C16H27NO2/c1-16(2)14(18)10-6-12-17(16)15(19)11-5-9-13-7-3-4-8-13/h13H,3-12H2,1-2H3. The lowest BCUT2D eigenvalue weighted by Gasteiger charge is -2.41. The molecule has 0 spiro atoms. The Morgan fingerprint density at radius 2 is 1.95 bits per heavy atom. The highest BCUT2D eigenvalue weighted by Crippen LogP contribution is 2.30. The SMILES string of the molecule is CC1(C)C(=O)CCCN1C(=O)CCCC1CCCC1. The molecule has 1 aliphatic carbocycles. The number of nitrogens with zero attached hydrogens (tertiary/aromatic N) is 1. The van der Waals surface area contributed by atoms with Gasteiger partial charge in [-0.1, -0.05) is 25.7 Å². The van der Waals surface area contributed by atoms with Gasteiger partial charge in [-0.2, -0.15) is 0 Å². The minimum Gasteiger partial charge on any atom is -0.331 e. The van der Waals surface area contributed by atoms with Gasteiger partial charge < -0.3 is 4.90 Å². The predicted octanol–water partition coefficient (Wildman–Crippen LogP) is 3.32. The van der Waals surface area contributed by atoms with Crippen molar-refractivity contribution in [1.29, 1.82) is 0 Å². The second-order valence-electron chi connectivity index (χ2n) is 6.67. The van der Waals surface area contributed by atoms with Gasteiger partial charge in [0.05, 0.1) is 5.54 Å². The number of carbonyl (C=O) groups excluding carboxylic acids is 2. The molecular formula is C16H27NO2. The average Bonchev–Trinajstić information content (AvgIpc) is 2.85. The predicted molar refractivity (Wildman–Crippen MR) is 75.8 cm³/mol. The molecule has 1 saturated carbocycles. The third kappa shape index (κ3) is 3.37. The quantitative estimate of drug-likeness (QED) is 0.782. The second-order valence-corrected chi connectivity index (χ2v) is 6.67. The van der Waals surface area contributed by atoms with Gasteiger partial charge in [-0.3, -0.25) is 9.59 Å². The van der Waals surface area contributed by atoms with E-state index in [-0.39, 0.29) is 11.7 Å². The number of hydrogen-bond donors (Lipinski definition) is 0. The Hall–Kier alpha value is -0.860. The summed E-state index contributed by atoms with van der Waals surface area (Å²) in [6.07, 6.45) is 9.68. The maximum atomic E-state index is 12.3. The summed E-state index contributed by atoms with van der Waals surface area (Å²) in [5.74, 6) is 1.24. The molecule has 1 heterocycles. The molecule has 0 aromatic heterocycles. The second kappa shape index (κ2) is 6.06. The van der Waals surface area contributed by atoms with E-state index >= 15 is 0 Å². The maximum absolute atomic E-state index is 12.3. The lowest BCUT2D eigenvalue weighted by atomic mass is 9.88. The molecule has 0 radical (unpaired) electrons. The van der Waals surface area contributed by atoms with Crippen molar-refractivity contribution < 1.29 is 9.59 Å². The van der Waals surface area contributed by atoms with Crippen LogP contribution in [0.25, 0.3) is 0 Å². The largest absolute Gasteiger partial charge is 0.331 e. The molecule has 2 rings (SSSR count). The van der Waals surface area contributed by atoms with Gasteiger partial charge in [0.15, 0.2) is 5.78 Å². The van der Waals surface area contributed by atoms with Crippen LogP contribution < -0.4 is 0 Å². The summed E-state index contributed by atoms with van der Waals surface area (Å²) in [6.45, 7) is 4.54. The lowest BCUT2D eigenvalue weighted by molar-refractivity contribution is -0.148. The molecule has 0 N–H and O–H groups in total. The normalized spacial score (nSPS) is 23.9. The maximum Gasteiger partial charge on any atom is 0.223 e. The molecule has 0 aromatic carbocycles. The van der Waals surface area contributed by atoms with Crippen molar-refractivity contribution in [2.45, 2.75) is 77.2 Å². The summed E-state index contributed by atoms with van der Waals surface area (Å²) in [7, 11) is 0. The van der Waals surface area contributed by atoms with Crippen molar-refractivity contribution in [1.82, 2.24) is 4.90 Å². The van der Waals surface area contributed by atoms with Crippen molar-refractivity contribution in [3.8, 4) is 0 Å². The van der Waals surface area contributed by atoms with Crippen LogP contribution in [0.2, 0.25) is 0 Å². The minimum atomic E-state index is -0.581. The summed E-state index contributed by atoms with van der Waals surface area (Å²) in [5.41, 5.74) is -0.581. The molecule has 0 atom stereocenters. The number of Topliss-reactive ketones (excluding diaryl/α,β-unsaturated/α-hetero) is 1. The molecule has 0 aromatic rings. The van der Waals surface area contributed by atoms with Crippen molar-refractivity contribution in [3.63, 3.8) is 0 Å². The zero-order valence-corrected chi connectivity index (χ0v) is 12.4. The van der Waals surface area contributed by atoms with Gasteiger partial charge in [0.1, 0.15) is 0 Å². The van der Waals surface area contributed by atoms with E-state index in [2.05, 4.69) is 0 Å². The molecule has 3 heteroatoms. The van der Waals surface area contributed by atoms with Gasteiger partial charge in [0.25, 0.3) is 0 Å². The molecule has 0 unspecified atom stereocenters. The summed E-state index contributed by atoms with van der Waals surface area (Å²) in [6, 6.07) is 0. The van der Waals surface area contributed by atoms with Crippen LogP contribution >= 0.6 is 0 Å². The number of hydrogen-bond acceptors (Lipinski definition) is 2. The van der Waals surface area contributed by atoms with E-state index in [9.17, 15) is 9.59 Å². The van der Waals surface area contributed by atoms with E-state index in [1.54, 1.807) is 0 Å². The Bertz CT molecular complexity index is 343. The first-order valence-electron chi connectivity index (χ1n) is 7.85. The highest BCUT2D eigenvalue weighted by Gasteiger charge is 2.39. The van der Waals surface area contributed by atoms with E-state index in [4.69, 9.17) is 0 Å². The zero-order chi connectivity index (χ0) is 13.9. The number of carbonyl (C=O) groups is 2. The van der Waals surface area contributed by atoms with Crippen molar-refractivity contribution in [2.75, 3.05) is 6.54 Å². The zero-order valence-electron chi connectivity index (χ0n) is 12.4. The number of ketones is 1. The molecule has 19 heavy (non-hydrogen) atoms. The molecule has 2 fully saturated rings. The molecule has 108 valence electrons. The minimum absolute atomic E-state index is 0.177. The van der Waals surface area contributed by atoms with Crippen LogP contribution in [0.4, 0.5) is 0 Å². The van der Waals surface area contributed by atoms with E-state index < -0.39 is 5.54 Å². The third-order valence-corrected chi connectivity index (χ3v) is 4.92. The molecule has 1 saturated heterocycles. The fourth-order valence-electron chi connectivity index (χ4n) is 3.55. The Morgan fingerprint density at radius 3 is 2.63 bits per heavy atom. The number of piperidine rings is 1. The van der Waals surface area contributed by atoms with E-state index in [1.807, 2.05) is 18.7 Å². The van der Waals surface area contributed by atoms with Crippen LogP contribution in [0.3, 0.4) is 0 Å². The number of likely N-dealkylation sites (tertiary alicyclic amines) is 1. The van der Waals surface area contributed by atoms with Crippen LogP contribution in [0.15, 0.2) is 0 Å². The van der Waals surface area contributed by atoms with Crippen LogP contribution in [0.1, 0.15) is 71.6 Å². The number of amides is 1. The van der Waals surface area contributed by atoms with Crippen molar-refractivity contribution in [2.24, 2.45) is 5.92 Å². The highest BCUT2D eigenvalue weighted by atomic mass is 16.2. The number of rotatable bonds is 4. The van der Waals surface area contributed by atoms with Gasteiger partial charge in [-0.25, -0.2) is 0 Å². The van der Waals surface area contributed by atoms with Crippen LogP contribution in [0.5, 0.6) is 0 Å². The highest BCUT2D eigenvalue weighted by molar-refractivity contribution is 5.93. The summed E-state index contributed by atoms with van der Waals surface area (Å²) >= 11 is 0. The summed E-state index contributed by atoms with van der Waals surface area (Å²) in [4.78, 5) is 26.0. The van der Waals surface area contributed by atoms with Gasteiger partial charge in [-0.05, 0) is 39.0 Å². The molecule has 1 amide bonds. The van der Waals surface area contributed by atoms with Crippen molar-refractivity contribution in [3.05, 3.63) is 0 Å². The molecule has 1 aliphatic heterocycles. The van der Waals surface area contributed by atoms with Crippen LogP contribution in [-0.4, -0.2) is 28.7 Å². The van der Waals surface area contributed by atoms with Gasteiger partial charge in [0, 0.05) is 19.4 Å². The third-order valence-electron chi connectivity index (χ3n) is 4.92. The van der Waals surface area contributed by atoms with Gasteiger partial charge in [-0.15, -0.1) is 0 Å². The summed E-state index contributed by atoms with van der Waals surface area (Å²) < 4.78 is 0. The Labute approximate surface area is 116 Å². The Morgan fingerprint density at radius 1 is 1.26 bits per heavy atom. The van der Waals surface area contributed by atoms with E-state index in [0.717, 1.165) is 25.3 Å². The van der Waals surface area contributed by atoms with E-state index in [0.29, 0.717) is 12.8 Å². The molecule has 3 nitrogen and oxygen atoms in total. The lowest BCUT2D eigenvalue weighted by Crippen LogP contribution is -2.56. The Balaban J connectivity index is 1.79. The van der Waals surface area contributed by atoms with E-state index in [1.165, 1.54) is 32.1 Å². The molecular weight excluding hydrogens is 238 g/mol. The summed E-state index contributed by atoms with van der Waals surface area (Å²) in [5, 5.41) is 0. The molecule has 2 aliphatic rings. The fourth-order valence-corrected chi connectivity index (χ4v) is 3.55.